The van der Waals surface area contributed by atoms with E-state index in [4.69, 9.17) is 14.6 Å². The first-order chi connectivity index (χ1) is 11.2. The summed E-state index contributed by atoms with van der Waals surface area (Å²) < 4.78 is 11.3. The van der Waals surface area contributed by atoms with E-state index in [0.717, 1.165) is 30.2 Å². The fourth-order valence-electron chi connectivity index (χ4n) is 1.94. The van der Waals surface area contributed by atoms with Crippen LogP contribution in [0.3, 0.4) is 0 Å². The standard InChI is InChI=1S/C18H21NO4/c20-18(21)11-13-19-12-4-14-22-15-7-9-17(10-8-15)23-16-5-2-1-3-6-16/h1-3,5-10,19H,4,11-14H2,(H,20,21). The van der Waals surface area contributed by atoms with Gasteiger partial charge in [-0.1, -0.05) is 18.2 Å². The zero-order valence-electron chi connectivity index (χ0n) is 12.9. The summed E-state index contributed by atoms with van der Waals surface area (Å²) in [5, 5.41) is 11.6. The van der Waals surface area contributed by atoms with Gasteiger partial charge in [-0.3, -0.25) is 4.79 Å². The number of rotatable bonds is 10. The summed E-state index contributed by atoms with van der Waals surface area (Å²) >= 11 is 0. The average molecular weight is 315 g/mol. The molecule has 2 N–H and O–H groups in total. The molecule has 5 heteroatoms. The monoisotopic (exact) mass is 315 g/mol. The van der Waals surface area contributed by atoms with Gasteiger partial charge in [0.1, 0.15) is 17.2 Å². The molecule has 0 fully saturated rings. The summed E-state index contributed by atoms with van der Waals surface area (Å²) in [7, 11) is 0. The Kier molecular flexibility index (Phi) is 6.94. The Morgan fingerprint density at radius 2 is 1.57 bits per heavy atom. The Morgan fingerprint density at radius 1 is 0.913 bits per heavy atom. The summed E-state index contributed by atoms with van der Waals surface area (Å²) in [6.45, 7) is 1.81. The van der Waals surface area contributed by atoms with Gasteiger partial charge in [-0.05, 0) is 49.4 Å². The van der Waals surface area contributed by atoms with Crippen molar-refractivity contribution in [1.82, 2.24) is 5.32 Å². The van der Waals surface area contributed by atoms with E-state index in [1.54, 1.807) is 0 Å². The van der Waals surface area contributed by atoms with Gasteiger partial charge in [-0.25, -0.2) is 0 Å². The largest absolute Gasteiger partial charge is 0.494 e. The Morgan fingerprint density at radius 3 is 2.26 bits per heavy atom. The molecule has 0 saturated heterocycles. The molecule has 0 radical (unpaired) electrons. The minimum atomic E-state index is -0.786. The smallest absolute Gasteiger partial charge is 0.304 e. The molecule has 0 aliphatic carbocycles. The van der Waals surface area contributed by atoms with E-state index in [2.05, 4.69) is 5.32 Å². The minimum absolute atomic E-state index is 0.143. The number of hydrogen-bond donors (Lipinski definition) is 2. The van der Waals surface area contributed by atoms with Crippen LogP contribution in [0.15, 0.2) is 54.6 Å². The lowest BCUT2D eigenvalue weighted by molar-refractivity contribution is -0.136. The van der Waals surface area contributed by atoms with E-state index >= 15 is 0 Å². The Balaban J connectivity index is 1.64. The van der Waals surface area contributed by atoms with Crippen LogP contribution in [-0.4, -0.2) is 30.8 Å². The SMILES string of the molecule is O=C(O)CCNCCCOc1ccc(Oc2ccccc2)cc1. The van der Waals surface area contributed by atoms with Crippen molar-refractivity contribution >= 4 is 5.97 Å². The highest BCUT2D eigenvalue weighted by Gasteiger charge is 1.99. The van der Waals surface area contributed by atoms with Crippen LogP contribution >= 0.6 is 0 Å². The summed E-state index contributed by atoms with van der Waals surface area (Å²) in [5.41, 5.74) is 0. The molecule has 0 aliphatic rings. The zero-order valence-corrected chi connectivity index (χ0v) is 12.9. The Bertz CT molecular complexity index is 584. The lowest BCUT2D eigenvalue weighted by atomic mass is 10.3. The van der Waals surface area contributed by atoms with Crippen molar-refractivity contribution < 1.29 is 19.4 Å². The van der Waals surface area contributed by atoms with E-state index in [0.29, 0.717) is 13.2 Å². The third kappa shape index (κ3) is 6.84. The van der Waals surface area contributed by atoms with Crippen molar-refractivity contribution in [3.8, 4) is 17.2 Å². The summed E-state index contributed by atoms with van der Waals surface area (Å²) in [6.07, 6.45) is 0.964. The first-order valence-electron chi connectivity index (χ1n) is 7.62. The molecule has 0 saturated carbocycles. The molecule has 2 aromatic rings. The Labute approximate surface area is 135 Å². The molecule has 0 aliphatic heterocycles. The van der Waals surface area contributed by atoms with Crippen molar-refractivity contribution in [3.63, 3.8) is 0 Å². The van der Waals surface area contributed by atoms with Crippen LogP contribution in [0, 0.1) is 0 Å². The molecule has 0 aromatic heterocycles. The van der Waals surface area contributed by atoms with Gasteiger partial charge >= 0.3 is 5.97 Å². The number of carboxylic acid groups (broad SMARTS) is 1. The molecule has 0 heterocycles. The number of carbonyl (C=O) groups is 1. The fraction of sp³-hybridized carbons (Fsp3) is 0.278. The average Bonchev–Trinajstić information content (AvgIpc) is 2.56. The van der Waals surface area contributed by atoms with E-state index in [-0.39, 0.29) is 6.42 Å². The van der Waals surface area contributed by atoms with Gasteiger partial charge in [-0.15, -0.1) is 0 Å². The molecular formula is C18H21NO4. The molecular weight excluding hydrogens is 294 g/mol. The molecule has 0 amide bonds. The first kappa shape index (κ1) is 16.8. The molecule has 0 spiro atoms. The van der Waals surface area contributed by atoms with Gasteiger partial charge in [0.05, 0.1) is 13.0 Å². The van der Waals surface area contributed by atoms with Crippen LogP contribution in [0.2, 0.25) is 0 Å². The second kappa shape index (κ2) is 9.48. The molecule has 0 unspecified atom stereocenters. The second-order valence-corrected chi connectivity index (χ2v) is 4.98. The van der Waals surface area contributed by atoms with Crippen molar-refractivity contribution in [1.29, 1.82) is 0 Å². The van der Waals surface area contributed by atoms with E-state index < -0.39 is 5.97 Å². The van der Waals surface area contributed by atoms with Gasteiger partial charge in [0.15, 0.2) is 0 Å². The van der Waals surface area contributed by atoms with Crippen molar-refractivity contribution in [2.45, 2.75) is 12.8 Å². The highest BCUT2D eigenvalue weighted by molar-refractivity contribution is 5.66. The molecule has 5 nitrogen and oxygen atoms in total. The predicted molar refractivity (Wildman–Crippen MR) is 88.2 cm³/mol. The lowest BCUT2D eigenvalue weighted by Crippen LogP contribution is -2.20. The number of aliphatic carboxylic acids is 1. The molecule has 0 bridgehead atoms. The summed E-state index contributed by atoms with van der Waals surface area (Å²) in [5.74, 6) is 1.56. The van der Waals surface area contributed by atoms with Crippen LogP contribution in [-0.2, 0) is 4.79 Å². The summed E-state index contributed by atoms with van der Waals surface area (Å²) in [6, 6.07) is 17.1. The van der Waals surface area contributed by atoms with E-state index in [1.165, 1.54) is 0 Å². The van der Waals surface area contributed by atoms with Crippen molar-refractivity contribution in [2.75, 3.05) is 19.7 Å². The third-order valence-electron chi connectivity index (χ3n) is 3.08. The lowest BCUT2D eigenvalue weighted by Gasteiger charge is -2.09. The fourth-order valence-corrected chi connectivity index (χ4v) is 1.94. The van der Waals surface area contributed by atoms with Crippen LogP contribution < -0.4 is 14.8 Å². The number of ether oxygens (including phenoxy) is 2. The van der Waals surface area contributed by atoms with Crippen LogP contribution in [0.4, 0.5) is 0 Å². The van der Waals surface area contributed by atoms with E-state index in [9.17, 15) is 4.79 Å². The number of benzene rings is 2. The maximum Gasteiger partial charge on any atom is 0.304 e. The van der Waals surface area contributed by atoms with Gasteiger partial charge in [0, 0.05) is 6.54 Å². The molecule has 2 aromatic carbocycles. The van der Waals surface area contributed by atoms with Crippen LogP contribution in [0.1, 0.15) is 12.8 Å². The van der Waals surface area contributed by atoms with E-state index in [1.807, 2.05) is 54.6 Å². The van der Waals surface area contributed by atoms with Gasteiger partial charge in [0.2, 0.25) is 0 Å². The predicted octanol–water partition coefficient (Wildman–Crippen LogP) is 3.31. The van der Waals surface area contributed by atoms with Crippen LogP contribution in [0.25, 0.3) is 0 Å². The number of para-hydroxylation sites is 1. The number of nitrogens with one attached hydrogen (secondary N) is 1. The molecule has 122 valence electrons. The third-order valence-corrected chi connectivity index (χ3v) is 3.08. The molecule has 23 heavy (non-hydrogen) atoms. The molecule has 0 atom stereocenters. The van der Waals surface area contributed by atoms with Crippen LogP contribution in [0.5, 0.6) is 17.2 Å². The quantitative estimate of drug-likeness (QED) is 0.658. The second-order valence-electron chi connectivity index (χ2n) is 4.98. The highest BCUT2D eigenvalue weighted by Crippen LogP contribution is 2.23. The normalized spacial score (nSPS) is 10.3. The zero-order chi connectivity index (χ0) is 16.3. The summed E-state index contributed by atoms with van der Waals surface area (Å²) in [4.78, 5) is 10.3. The molecule has 2 rings (SSSR count). The highest BCUT2D eigenvalue weighted by atomic mass is 16.5. The maximum absolute atomic E-state index is 10.3. The van der Waals surface area contributed by atoms with Gasteiger partial charge in [0.25, 0.3) is 0 Å². The number of carboxylic acids is 1. The van der Waals surface area contributed by atoms with Gasteiger partial charge in [-0.2, -0.15) is 0 Å². The Hall–Kier alpha value is -2.53. The topological polar surface area (TPSA) is 67.8 Å². The van der Waals surface area contributed by atoms with Gasteiger partial charge < -0.3 is 19.9 Å². The van der Waals surface area contributed by atoms with Crippen molar-refractivity contribution in [3.05, 3.63) is 54.6 Å². The van der Waals surface area contributed by atoms with Crippen molar-refractivity contribution in [2.24, 2.45) is 0 Å². The number of hydrogen-bond acceptors (Lipinski definition) is 4. The minimum Gasteiger partial charge on any atom is -0.494 e. The maximum atomic E-state index is 10.3. The first-order valence-corrected chi connectivity index (χ1v) is 7.62.